The Kier molecular flexibility index (Phi) is 13.0. The Morgan fingerprint density at radius 1 is 0.833 bits per heavy atom. The van der Waals surface area contributed by atoms with E-state index >= 15 is 0 Å². The van der Waals surface area contributed by atoms with Crippen LogP contribution in [0.15, 0.2) is 0 Å². The van der Waals surface area contributed by atoms with E-state index in [1.54, 1.807) is 6.92 Å². The van der Waals surface area contributed by atoms with E-state index in [4.69, 9.17) is 19.1 Å². The molecule has 110 valence electrons. The van der Waals surface area contributed by atoms with E-state index in [0.717, 1.165) is 18.1 Å². The number of hydrogen-bond donors (Lipinski definition) is 1. The normalized spacial score (nSPS) is 13.2. The highest BCUT2D eigenvalue weighted by atomic mass is 17.0. The molecule has 0 saturated heterocycles. The molecule has 0 aromatic rings. The standard InChI is InChI=1S/C12H27NO5/c1-4-6-15-8-10-17-13(12(3)14)18-11-9-16-7-5-2/h12,14H,4-11H2,1-3H3. The van der Waals surface area contributed by atoms with Crippen LogP contribution in [0.2, 0.25) is 0 Å². The average Bonchev–Trinajstić information content (AvgIpc) is 2.35. The Bertz CT molecular complexity index is 155. The first-order valence-corrected chi connectivity index (χ1v) is 6.61. The zero-order valence-electron chi connectivity index (χ0n) is 11.8. The van der Waals surface area contributed by atoms with Gasteiger partial charge in [0.2, 0.25) is 0 Å². The summed E-state index contributed by atoms with van der Waals surface area (Å²) in [6, 6.07) is 0. The van der Waals surface area contributed by atoms with Crippen molar-refractivity contribution in [2.45, 2.75) is 39.8 Å². The van der Waals surface area contributed by atoms with Gasteiger partial charge in [0.15, 0.2) is 6.23 Å². The third-order valence-corrected chi connectivity index (χ3v) is 1.89. The fourth-order valence-electron chi connectivity index (χ4n) is 1.12. The number of ether oxygens (including phenoxy) is 2. The van der Waals surface area contributed by atoms with Crippen molar-refractivity contribution >= 4 is 0 Å². The molecular formula is C12H27NO5. The summed E-state index contributed by atoms with van der Waals surface area (Å²) in [4.78, 5) is 10.5. The number of hydrogen-bond acceptors (Lipinski definition) is 6. The van der Waals surface area contributed by atoms with Gasteiger partial charge in [-0.3, -0.25) is 9.68 Å². The first kappa shape index (κ1) is 17.8. The lowest BCUT2D eigenvalue weighted by Gasteiger charge is -2.23. The SMILES string of the molecule is CCCOCCON(OCCOCCC)C(C)O. The van der Waals surface area contributed by atoms with Crippen molar-refractivity contribution in [3.63, 3.8) is 0 Å². The minimum atomic E-state index is -0.831. The van der Waals surface area contributed by atoms with Crippen molar-refractivity contribution in [2.75, 3.05) is 39.6 Å². The second kappa shape index (κ2) is 13.2. The van der Waals surface area contributed by atoms with Gasteiger partial charge in [-0.05, 0) is 25.0 Å². The summed E-state index contributed by atoms with van der Waals surface area (Å²) in [6.45, 7) is 8.74. The quantitative estimate of drug-likeness (QED) is 0.308. The predicted octanol–water partition coefficient (Wildman–Crippen LogP) is 1.34. The van der Waals surface area contributed by atoms with Crippen molar-refractivity contribution in [2.24, 2.45) is 0 Å². The molecule has 0 aromatic carbocycles. The van der Waals surface area contributed by atoms with Gasteiger partial charge < -0.3 is 14.6 Å². The molecule has 0 rings (SSSR count). The van der Waals surface area contributed by atoms with Crippen molar-refractivity contribution in [1.82, 2.24) is 5.23 Å². The van der Waals surface area contributed by atoms with Crippen LogP contribution in [0, 0.1) is 0 Å². The van der Waals surface area contributed by atoms with Crippen molar-refractivity contribution in [3.05, 3.63) is 0 Å². The van der Waals surface area contributed by atoms with Gasteiger partial charge in [0.05, 0.1) is 26.4 Å². The van der Waals surface area contributed by atoms with Crippen LogP contribution in [-0.4, -0.2) is 56.2 Å². The molecule has 1 N–H and O–H groups in total. The third kappa shape index (κ3) is 10.9. The predicted molar refractivity (Wildman–Crippen MR) is 67.6 cm³/mol. The summed E-state index contributed by atoms with van der Waals surface area (Å²) in [7, 11) is 0. The van der Waals surface area contributed by atoms with Gasteiger partial charge in [0, 0.05) is 13.2 Å². The van der Waals surface area contributed by atoms with E-state index in [-0.39, 0.29) is 0 Å². The molecule has 0 saturated carbocycles. The maximum Gasteiger partial charge on any atom is 0.154 e. The summed E-state index contributed by atoms with van der Waals surface area (Å²) in [5.41, 5.74) is 0. The average molecular weight is 265 g/mol. The zero-order chi connectivity index (χ0) is 13.6. The summed E-state index contributed by atoms with van der Waals surface area (Å²) in [5.74, 6) is 0. The molecule has 0 amide bonds. The molecular weight excluding hydrogens is 238 g/mol. The molecule has 0 fully saturated rings. The molecule has 18 heavy (non-hydrogen) atoms. The number of nitrogens with zero attached hydrogens (tertiary/aromatic N) is 1. The Morgan fingerprint density at radius 2 is 1.28 bits per heavy atom. The molecule has 6 heteroatoms. The van der Waals surface area contributed by atoms with E-state index < -0.39 is 6.23 Å². The first-order chi connectivity index (χ1) is 8.72. The Labute approximate surface area is 110 Å². The van der Waals surface area contributed by atoms with E-state index in [1.165, 1.54) is 0 Å². The number of hydroxylamine groups is 2. The van der Waals surface area contributed by atoms with Gasteiger partial charge in [-0.1, -0.05) is 13.8 Å². The van der Waals surface area contributed by atoms with Crippen LogP contribution in [0.3, 0.4) is 0 Å². The van der Waals surface area contributed by atoms with Gasteiger partial charge in [0.1, 0.15) is 0 Å². The van der Waals surface area contributed by atoms with E-state index in [0.29, 0.717) is 39.6 Å². The third-order valence-electron chi connectivity index (χ3n) is 1.89. The zero-order valence-corrected chi connectivity index (χ0v) is 11.8. The molecule has 0 heterocycles. The monoisotopic (exact) mass is 265 g/mol. The van der Waals surface area contributed by atoms with Gasteiger partial charge in [-0.2, -0.15) is 0 Å². The van der Waals surface area contributed by atoms with Crippen LogP contribution in [0.1, 0.15) is 33.6 Å². The molecule has 0 radical (unpaired) electrons. The molecule has 1 unspecified atom stereocenters. The minimum absolute atomic E-state index is 0.348. The molecule has 0 spiro atoms. The Hall–Kier alpha value is -0.240. The smallest absolute Gasteiger partial charge is 0.154 e. The molecule has 0 aliphatic heterocycles. The van der Waals surface area contributed by atoms with E-state index in [2.05, 4.69) is 0 Å². The van der Waals surface area contributed by atoms with Gasteiger partial charge in [0.25, 0.3) is 0 Å². The summed E-state index contributed by atoms with van der Waals surface area (Å²) in [6.07, 6.45) is 1.12. The van der Waals surface area contributed by atoms with Crippen LogP contribution in [0.5, 0.6) is 0 Å². The molecule has 0 aliphatic rings. The van der Waals surface area contributed by atoms with Crippen molar-refractivity contribution in [3.8, 4) is 0 Å². The molecule has 1 atom stereocenters. The lowest BCUT2D eigenvalue weighted by Crippen LogP contribution is -2.35. The minimum Gasteiger partial charge on any atom is -0.379 e. The van der Waals surface area contributed by atoms with Crippen LogP contribution in [-0.2, 0) is 19.1 Å². The molecule has 0 bridgehead atoms. The topological polar surface area (TPSA) is 60.4 Å². The number of rotatable bonds is 13. The highest BCUT2D eigenvalue weighted by Crippen LogP contribution is 1.99. The summed E-state index contributed by atoms with van der Waals surface area (Å²) >= 11 is 0. The lowest BCUT2D eigenvalue weighted by molar-refractivity contribution is -0.417. The molecule has 0 aromatic heterocycles. The first-order valence-electron chi connectivity index (χ1n) is 6.61. The van der Waals surface area contributed by atoms with Crippen LogP contribution in [0.25, 0.3) is 0 Å². The van der Waals surface area contributed by atoms with Gasteiger partial charge in [-0.25, -0.2) is 0 Å². The maximum absolute atomic E-state index is 9.41. The second-order valence-corrected chi connectivity index (χ2v) is 3.81. The summed E-state index contributed by atoms with van der Waals surface area (Å²) in [5, 5.41) is 10.5. The highest BCUT2D eigenvalue weighted by molar-refractivity contribution is 4.34. The van der Waals surface area contributed by atoms with Crippen LogP contribution >= 0.6 is 0 Å². The Balaban J connectivity index is 3.53. The second-order valence-electron chi connectivity index (χ2n) is 3.81. The summed E-state index contributed by atoms with van der Waals surface area (Å²) < 4.78 is 10.5. The van der Waals surface area contributed by atoms with E-state index in [1.807, 2.05) is 13.8 Å². The lowest BCUT2D eigenvalue weighted by atomic mass is 10.5. The maximum atomic E-state index is 9.41. The fourth-order valence-corrected chi connectivity index (χ4v) is 1.12. The largest absolute Gasteiger partial charge is 0.379 e. The van der Waals surface area contributed by atoms with Crippen LogP contribution < -0.4 is 0 Å². The number of aliphatic hydroxyl groups excluding tert-OH is 1. The van der Waals surface area contributed by atoms with Gasteiger partial charge in [-0.15, -0.1) is 0 Å². The molecule has 6 nitrogen and oxygen atoms in total. The van der Waals surface area contributed by atoms with Crippen molar-refractivity contribution in [1.29, 1.82) is 0 Å². The number of aliphatic hydroxyl groups is 1. The highest BCUT2D eigenvalue weighted by Gasteiger charge is 2.12. The molecule has 0 aliphatic carbocycles. The van der Waals surface area contributed by atoms with E-state index in [9.17, 15) is 5.11 Å². The van der Waals surface area contributed by atoms with Gasteiger partial charge >= 0.3 is 0 Å². The fraction of sp³-hybridized carbons (Fsp3) is 1.00. The van der Waals surface area contributed by atoms with Crippen LogP contribution in [0.4, 0.5) is 0 Å². The van der Waals surface area contributed by atoms with Crippen molar-refractivity contribution < 1.29 is 24.3 Å². The Morgan fingerprint density at radius 3 is 1.61 bits per heavy atom.